The third kappa shape index (κ3) is 0.690. The predicted molar refractivity (Wildman–Crippen MR) is 48.4 cm³/mol. The van der Waals surface area contributed by atoms with Crippen LogP contribution in [0.15, 0.2) is 39.4 Å². The van der Waals surface area contributed by atoms with Crippen LogP contribution >= 0.6 is 12.4 Å². The fraction of sp³-hybridized carbons (Fsp3) is 0.222. The Balaban J connectivity index is 0.000000480. The maximum Gasteiger partial charge on any atom is 0.0649 e. The summed E-state index contributed by atoms with van der Waals surface area (Å²) in [5.41, 5.74) is 5.88. The second kappa shape index (κ2) is 2.08. The molecule has 2 aliphatic carbocycles. The molecular weight excluding hydrogens is 158 g/mol. The van der Waals surface area contributed by atoms with E-state index in [0.29, 0.717) is 0 Å². The average Bonchev–Trinajstić information content (AvgIpc) is 2.60. The van der Waals surface area contributed by atoms with Crippen molar-refractivity contribution in [3.05, 3.63) is 34.4 Å². The van der Waals surface area contributed by atoms with E-state index >= 15 is 0 Å². The number of aliphatic imine (C=N–C) groups is 1. The molecule has 0 amide bonds. The van der Waals surface area contributed by atoms with E-state index < -0.39 is 0 Å². The number of hydrogen-bond acceptors (Lipinski definition) is 1. The van der Waals surface area contributed by atoms with Gasteiger partial charge in [-0.25, -0.2) is 0 Å². The Labute approximate surface area is 71.6 Å². The Morgan fingerprint density at radius 3 is 2.82 bits per heavy atom. The van der Waals surface area contributed by atoms with Gasteiger partial charge in [-0.2, -0.15) is 0 Å². The van der Waals surface area contributed by atoms with Crippen molar-refractivity contribution >= 4 is 18.6 Å². The van der Waals surface area contributed by atoms with Crippen molar-refractivity contribution < 1.29 is 0 Å². The lowest BCUT2D eigenvalue weighted by molar-refractivity contribution is 1.20. The number of fused-ring (bicyclic) bond motifs is 3. The minimum absolute atomic E-state index is 0. The zero-order chi connectivity index (χ0) is 6.55. The maximum atomic E-state index is 4.23. The van der Waals surface area contributed by atoms with Crippen LogP contribution in [0.4, 0.5) is 0 Å². The van der Waals surface area contributed by atoms with Gasteiger partial charge in [-0.15, -0.1) is 12.4 Å². The average molecular weight is 166 g/mol. The van der Waals surface area contributed by atoms with E-state index in [9.17, 15) is 0 Å². The van der Waals surface area contributed by atoms with Gasteiger partial charge >= 0.3 is 0 Å². The zero-order valence-corrected chi connectivity index (χ0v) is 6.82. The number of halogens is 1. The van der Waals surface area contributed by atoms with E-state index in [2.05, 4.69) is 17.1 Å². The molecule has 0 unspecified atom stereocenters. The van der Waals surface area contributed by atoms with Gasteiger partial charge in [0.05, 0.1) is 6.54 Å². The van der Waals surface area contributed by atoms with E-state index in [1.54, 1.807) is 0 Å². The van der Waals surface area contributed by atoms with E-state index in [-0.39, 0.29) is 12.4 Å². The Bertz CT molecular complexity index is 331. The van der Waals surface area contributed by atoms with Crippen LogP contribution in [0.5, 0.6) is 0 Å². The second-order valence-corrected chi connectivity index (χ2v) is 2.92. The Morgan fingerprint density at radius 2 is 2.00 bits per heavy atom. The van der Waals surface area contributed by atoms with Gasteiger partial charge in [0.2, 0.25) is 0 Å². The number of allylic oxidation sites excluding steroid dienone is 4. The molecule has 1 heterocycles. The summed E-state index contributed by atoms with van der Waals surface area (Å²) in [5.74, 6) is 0. The van der Waals surface area contributed by atoms with E-state index in [4.69, 9.17) is 0 Å². The predicted octanol–water partition coefficient (Wildman–Crippen LogP) is 2.06. The van der Waals surface area contributed by atoms with Gasteiger partial charge in [-0.05, 0) is 23.1 Å². The minimum atomic E-state index is 0. The quantitative estimate of drug-likeness (QED) is 0.521. The van der Waals surface area contributed by atoms with Crippen LogP contribution in [0, 0.1) is 0 Å². The summed E-state index contributed by atoms with van der Waals surface area (Å²) in [4.78, 5) is 4.23. The first kappa shape index (κ1) is 6.86. The number of hydrogen-bond donors (Lipinski definition) is 0. The summed E-state index contributed by atoms with van der Waals surface area (Å²) >= 11 is 0. The van der Waals surface area contributed by atoms with Crippen molar-refractivity contribution in [1.29, 1.82) is 0 Å². The summed E-state index contributed by atoms with van der Waals surface area (Å²) in [5, 5.41) is 0. The molecule has 0 aromatic rings. The van der Waals surface area contributed by atoms with Gasteiger partial charge in [-0.1, -0.05) is 12.2 Å². The van der Waals surface area contributed by atoms with E-state index in [0.717, 1.165) is 6.54 Å². The molecule has 0 saturated carbocycles. The highest BCUT2D eigenvalue weighted by Gasteiger charge is 2.26. The van der Waals surface area contributed by atoms with Crippen LogP contribution < -0.4 is 0 Å². The van der Waals surface area contributed by atoms with Crippen molar-refractivity contribution in [2.24, 2.45) is 4.99 Å². The third-order valence-electron chi connectivity index (χ3n) is 2.40. The maximum absolute atomic E-state index is 4.23. The van der Waals surface area contributed by atoms with Crippen LogP contribution in [-0.4, -0.2) is 12.8 Å². The molecule has 2 heteroatoms. The lowest BCUT2D eigenvalue weighted by Gasteiger charge is -1.97. The van der Waals surface area contributed by atoms with Gasteiger partial charge < -0.3 is 0 Å². The van der Waals surface area contributed by atoms with Crippen LogP contribution in [0.1, 0.15) is 6.42 Å². The van der Waals surface area contributed by atoms with Crippen LogP contribution in [-0.2, 0) is 0 Å². The van der Waals surface area contributed by atoms with Crippen LogP contribution in [0.2, 0.25) is 0 Å². The molecule has 0 spiro atoms. The molecule has 0 atom stereocenters. The van der Waals surface area contributed by atoms with Gasteiger partial charge in [0.1, 0.15) is 0 Å². The Morgan fingerprint density at radius 1 is 1.18 bits per heavy atom. The number of nitrogens with zero attached hydrogens (tertiary/aromatic N) is 1. The highest BCUT2D eigenvalue weighted by molar-refractivity contribution is 5.93. The van der Waals surface area contributed by atoms with Gasteiger partial charge in [0.15, 0.2) is 0 Å². The van der Waals surface area contributed by atoms with Gasteiger partial charge in [-0.3, -0.25) is 4.99 Å². The number of rotatable bonds is 0. The molecule has 0 aromatic carbocycles. The fourth-order valence-corrected chi connectivity index (χ4v) is 1.86. The summed E-state index contributed by atoms with van der Waals surface area (Å²) < 4.78 is 0. The first-order valence-corrected chi connectivity index (χ1v) is 3.58. The lowest BCUT2D eigenvalue weighted by atomic mass is 10.1. The van der Waals surface area contributed by atoms with Crippen LogP contribution in [0.25, 0.3) is 0 Å². The van der Waals surface area contributed by atoms with Crippen molar-refractivity contribution in [2.45, 2.75) is 6.42 Å². The monoisotopic (exact) mass is 165 g/mol. The molecule has 1 aliphatic heterocycles. The first-order valence-electron chi connectivity index (χ1n) is 3.58. The standard InChI is InChI=1S/C9H7N.ClH/c1-2-7-3-6(1)8-4-10-5-9(7)8;/h1-2,4H,3,5H2;1H. The topological polar surface area (TPSA) is 12.4 Å². The third-order valence-corrected chi connectivity index (χ3v) is 2.40. The smallest absolute Gasteiger partial charge is 0.0649 e. The minimum Gasteiger partial charge on any atom is -0.288 e. The largest absolute Gasteiger partial charge is 0.288 e. The SMILES string of the molecule is C1=CC2=C3CN=CC3=C1C2.Cl. The Hall–Kier alpha value is -0.820. The van der Waals surface area contributed by atoms with Gasteiger partial charge in [0, 0.05) is 11.8 Å². The molecule has 3 aliphatic rings. The lowest BCUT2D eigenvalue weighted by Crippen LogP contribution is -1.87. The first-order chi connectivity index (χ1) is 4.95. The van der Waals surface area contributed by atoms with Crippen molar-refractivity contribution in [2.75, 3.05) is 6.54 Å². The van der Waals surface area contributed by atoms with Crippen LogP contribution in [0.3, 0.4) is 0 Å². The molecule has 3 rings (SSSR count). The highest BCUT2D eigenvalue weighted by atomic mass is 35.5. The van der Waals surface area contributed by atoms with Crippen molar-refractivity contribution in [1.82, 2.24) is 0 Å². The summed E-state index contributed by atoms with van der Waals surface area (Å²) in [7, 11) is 0. The summed E-state index contributed by atoms with van der Waals surface area (Å²) in [6.07, 6.45) is 7.63. The molecule has 1 nitrogen and oxygen atoms in total. The molecule has 56 valence electrons. The van der Waals surface area contributed by atoms with Crippen molar-refractivity contribution in [3.63, 3.8) is 0 Å². The zero-order valence-electron chi connectivity index (χ0n) is 6.00. The molecule has 2 bridgehead atoms. The highest BCUT2D eigenvalue weighted by Crippen LogP contribution is 2.40. The normalized spacial score (nSPS) is 23.3. The summed E-state index contributed by atoms with van der Waals surface area (Å²) in [6.45, 7) is 0.929. The second-order valence-electron chi connectivity index (χ2n) is 2.92. The summed E-state index contributed by atoms with van der Waals surface area (Å²) in [6, 6.07) is 0. The molecule has 0 fully saturated rings. The molecular formula is C9H8ClN. The molecule has 0 radical (unpaired) electrons. The van der Waals surface area contributed by atoms with E-state index in [1.807, 2.05) is 6.21 Å². The van der Waals surface area contributed by atoms with E-state index in [1.165, 1.54) is 28.7 Å². The fourth-order valence-electron chi connectivity index (χ4n) is 1.86. The van der Waals surface area contributed by atoms with Gasteiger partial charge in [0.25, 0.3) is 0 Å². The Kier molecular flexibility index (Phi) is 1.30. The molecule has 0 saturated heterocycles. The molecule has 0 N–H and O–H groups in total. The van der Waals surface area contributed by atoms with Crippen molar-refractivity contribution in [3.8, 4) is 0 Å². The molecule has 11 heavy (non-hydrogen) atoms. The molecule has 0 aromatic heterocycles.